The lowest BCUT2D eigenvalue weighted by Crippen LogP contribution is -2.37. The van der Waals surface area contributed by atoms with Crippen LogP contribution in [0.3, 0.4) is 0 Å². The maximum Gasteiger partial charge on any atom is 0.198 e. The molecule has 14 rings (SSSR count). The number of nitrogens with one attached hydrogen (secondary N) is 1. The summed E-state index contributed by atoms with van der Waals surface area (Å²) >= 11 is 0. The smallest absolute Gasteiger partial charge is 0.198 e. The van der Waals surface area contributed by atoms with Gasteiger partial charge < -0.3 is 9.88 Å². The zero-order valence-electron chi connectivity index (χ0n) is 43.0. The van der Waals surface area contributed by atoms with Gasteiger partial charge in [-0.2, -0.15) is 0 Å². The normalized spacial score (nSPS) is 16.8. The standard InChI is InChI=1S/C68H61BN2/c1-38-19-24-42(25-20-38)70-59-37-55-48(49-35-56-57(36-54(49)68(55,9)10)66(5,6)30-29-65(56,3)4)34-50(59)51-33-46(41-23-27-53-47(32-41)44-17-13-14-18-52(44)67(53,7)8)61-45-26-22-40-15-11-12-16-43(40)63(45)71-60-28-21-39(2)31-58(60)69-62(51)64(61)71/h11-28,31-37,69-70H,29-30H2,1-10H3. The number of hydrogen-bond acceptors (Lipinski definition) is 1. The number of aromatic nitrogens is 1. The third-order valence-electron chi connectivity index (χ3n) is 18.2. The zero-order chi connectivity index (χ0) is 48.7. The minimum Gasteiger partial charge on any atom is -0.355 e. The molecule has 2 heterocycles. The van der Waals surface area contributed by atoms with E-state index in [0.717, 1.165) is 18.7 Å². The lowest BCUT2D eigenvalue weighted by atomic mass is 9.58. The molecule has 0 saturated carbocycles. The van der Waals surface area contributed by atoms with Gasteiger partial charge in [0, 0.05) is 55.1 Å². The third kappa shape index (κ3) is 5.90. The maximum absolute atomic E-state index is 4.09. The van der Waals surface area contributed by atoms with E-state index in [9.17, 15) is 0 Å². The van der Waals surface area contributed by atoms with Crippen molar-refractivity contribution < 1.29 is 0 Å². The van der Waals surface area contributed by atoms with E-state index < -0.39 is 0 Å². The molecule has 0 unspecified atom stereocenters. The van der Waals surface area contributed by atoms with Crippen molar-refractivity contribution >= 4 is 62.2 Å². The minimum absolute atomic E-state index is 0.0817. The molecule has 4 aliphatic rings. The first-order valence-electron chi connectivity index (χ1n) is 26.1. The van der Waals surface area contributed by atoms with E-state index in [1.54, 1.807) is 0 Å². The van der Waals surface area contributed by atoms with Crippen molar-refractivity contribution in [1.29, 1.82) is 0 Å². The lowest BCUT2D eigenvalue weighted by Gasteiger charge is -2.42. The van der Waals surface area contributed by atoms with Gasteiger partial charge in [0.05, 0.1) is 5.52 Å². The van der Waals surface area contributed by atoms with Crippen molar-refractivity contribution in [2.45, 2.75) is 104 Å². The Kier molecular flexibility index (Phi) is 8.60. The van der Waals surface area contributed by atoms with Gasteiger partial charge in [-0.05, 0) is 169 Å². The molecule has 0 bridgehead atoms. The summed E-state index contributed by atoms with van der Waals surface area (Å²) in [4.78, 5) is 0. The predicted molar refractivity (Wildman–Crippen MR) is 305 cm³/mol. The minimum atomic E-state index is -0.193. The van der Waals surface area contributed by atoms with Gasteiger partial charge in [0.1, 0.15) is 0 Å². The van der Waals surface area contributed by atoms with E-state index in [1.807, 2.05) is 0 Å². The van der Waals surface area contributed by atoms with E-state index in [4.69, 9.17) is 0 Å². The summed E-state index contributed by atoms with van der Waals surface area (Å²) < 4.78 is 2.66. The largest absolute Gasteiger partial charge is 0.355 e. The van der Waals surface area contributed by atoms with Crippen molar-refractivity contribution in [1.82, 2.24) is 4.57 Å². The van der Waals surface area contributed by atoms with Crippen molar-refractivity contribution in [3.63, 3.8) is 0 Å². The van der Waals surface area contributed by atoms with Gasteiger partial charge in [-0.15, -0.1) is 0 Å². The van der Waals surface area contributed by atoms with Crippen LogP contribution in [-0.2, 0) is 21.7 Å². The van der Waals surface area contributed by atoms with Gasteiger partial charge in [-0.25, -0.2) is 0 Å². The summed E-state index contributed by atoms with van der Waals surface area (Å²) in [5, 5.41) is 9.27. The number of hydrogen-bond donors (Lipinski definition) is 1. The SMILES string of the molecule is Cc1ccc(Nc2cc3c(cc2-c2cc(-c4ccc5c(c4)-c4ccccc4C5(C)C)c4c5ccc6ccccc6c5n5c4c2Bc2cc(C)ccc2-5)-c2cc4c(cc2C3(C)C)C(C)(C)CCC4(C)C)cc1. The third-order valence-corrected chi connectivity index (χ3v) is 18.2. The number of fused-ring (bicyclic) bond motifs is 14. The molecule has 10 aromatic rings. The summed E-state index contributed by atoms with van der Waals surface area (Å²) in [5.74, 6) is 0. The fourth-order valence-electron chi connectivity index (χ4n) is 14.0. The van der Waals surface area contributed by atoms with Crippen LogP contribution in [0.25, 0.3) is 82.8 Å². The van der Waals surface area contributed by atoms with Gasteiger partial charge in [-0.1, -0.05) is 175 Å². The average Bonchev–Trinajstić information content (AvgIpc) is 3.91. The number of aryl methyl sites for hydroxylation is 2. The highest BCUT2D eigenvalue weighted by Crippen LogP contribution is 2.57. The van der Waals surface area contributed by atoms with Crippen LogP contribution in [0.5, 0.6) is 0 Å². The van der Waals surface area contributed by atoms with Gasteiger partial charge >= 0.3 is 0 Å². The highest BCUT2D eigenvalue weighted by atomic mass is 15.0. The van der Waals surface area contributed by atoms with Crippen LogP contribution in [0.15, 0.2) is 152 Å². The number of nitrogens with zero attached hydrogens (tertiary/aromatic N) is 1. The summed E-state index contributed by atoms with van der Waals surface area (Å²) in [6, 6.07) is 59.3. The Morgan fingerprint density at radius 1 is 0.451 bits per heavy atom. The molecule has 71 heavy (non-hydrogen) atoms. The van der Waals surface area contributed by atoms with Crippen molar-refractivity contribution in [3.8, 4) is 50.2 Å². The molecule has 2 nitrogen and oxygen atoms in total. The summed E-state index contributed by atoms with van der Waals surface area (Å²) in [6.45, 7) is 24.0. The van der Waals surface area contributed by atoms with Gasteiger partial charge in [0.2, 0.25) is 0 Å². The Morgan fingerprint density at radius 2 is 1.10 bits per heavy atom. The molecule has 0 amide bonds. The molecule has 9 aromatic carbocycles. The Labute approximate surface area is 420 Å². The van der Waals surface area contributed by atoms with Crippen LogP contribution in [0.4, 0.5) is 11.4 Å². The monoisotopic (exact) mass is 916 g/mol. The summed E-state index contributed by atoms with van der Waals surface area (Å²) in [5.41, 5.74) is 30.6. The van der Waals surface area contributed by atoms with Crippen LogP contribution in [-0.4, -0.2) is 11.8 Å². The molecule has 0 atom stereocenters. The van der Waals surface area contributed by atoms with E-state index in [0.29, 0.717) is 0 Å². The molecule has 0 saturated heterocycles. The van der Waals surface area contributed by atoms with E-state index in [-0.39, 0.29) is 21.7 Å². The molecule has 0 fully saturated rings. The Bertz CT molecular complexity index is 4000. The number of benzene rings is 9. The number of rotatable bonds is 4. The average molecular weight is 917 g/mol. The fourth-order valence-corrected chi connectivity index (χ4v) is 14.0. The molecule has 1 N–H and O–H groups in total. The highest BCUT2D eigenvalue weighted by Gasteiger charge is 2.44. The van der Waals surface area contributed by atoms with Gasteiger partial charge in [-0.3, -0.25) is 0 Å². The van der Waals surface area contributed by atoms with Gasteiger partial charge in [0.15, 0.2) is 7.28 Å². The van der Waals surface area contributed by atoms with Gasteiger partial charge in [0.25, 0.3) is 0 Å². The first kappa shape index (κ1) is 42.8. The quantitative estimate of drug-likeness (QED) is 0.174. The van der Waals surface area contributed by atoms with E-state index >= 15 is 0 Å². The molecular formula is C68H61BN2. The maximum atomic E-state index is 4.09. The summed E-state index contributed by atoms with van der Waals surface area (Å²) in [7, 11) is 0.836. The topological polar surface area (TPSA) is 17.0 Å². The Balaban J connectivity index is 1.13. The van der Waals surface area contributed by atoms with Crippen LogP contribution in [0, 0.1) is 13.8 Å². The summed E-state index contributed by atoms with van der Waals surface area (Å²) in [6.07, 6.45) is 2.39. The lowest BCUT2D eigenvalue weighted by molar-refractivity contribution is 0.331. The van der Waals surface area contributed by atoms with Crippen LogP contribution in [0.2, 0.25) is 0 Å². The molecule has 1 aliphatic heterocycles. The molecule has 1 aromatic heterocycles. The molecule has 346 valence electrons. The first-order chi connectivity index (χ1) is 34.0. The second kappa shape index (κ2) is 14.3. The van der Waals surface area contributed by atoms with E-state index in [2.05, 4.69) is 231 Å². The fraction of sp³-hybridized carbons (Fsp3) is 0.235. The highest BCUT2D eigenvalue weighted by molar-refractivity contribution is 6.73. The van der Waals surface area contributed by atoms with Crippen LogP contribution >= 0.6 is 0 Å². The molecule has 3 aliphatic carbocycles. The van der Waals surface area contributed by atoms with E-state index in [1.165, 1.54) is 151 Å². The Hall–Kier alpha value is -7.10. The Morgan fingerprint density at radius 3 is 1.90 bits per heavy atom. The zero-order valence-corrected chi connectivity index (χ0v) is 43.0. The first-order valence-corrected chi connectivity index (χ1v) is 26.1. The number of anilines is 2. The molecule has 3 heteroatoms. The predicted octanol–water partition coefficient (Wildman–Crippen LogP) is 16.3. The van der Waals surface area contributed by atoms with Crippen LogP contribution in [0.1, 0.15) is 113 Å². The second-order valence-corrected chi connectivity index (χ2v) is 24.2. The molecule has 0 radical (unpaired) electrons. The second-order valence-electron chi connectivity index (χ2n) is 24.2. The van der Waals surface area contributed by atoms with Crippen molar-refractivity contribution in [3.05, 3.63) is 196 Å². The van der Waals surface area contributed by atoms with Crippen molar-refractivity contribution in [2.24, 2.45) is 0 Å². The van der Waals surface area contributed by atoms with Crippen LogP contribution < -0.4 is 16.2 Å². The van der Waals surface area contributed by atoms with Crippen molar-refractivity contribution in [2.75, 3.05) is 5.32 Å². The molecule has 0 spiro atoms. The molecular weight excluding hydrogens is 856 g/mol.